The first-order valence-electron chi connectivity index (χ1n) is 12.3. The number of nitrogens with one attached hydrogen (secondary N) is 1. The smallest absolute Gasteiger partial charge is 0.254 e. The molecule has 1 N–H and O–H groups in total. The zero-order valence-electron chi connectivity index (χ0n) is 21.3. The van der Waals surface area contributed by atoms with Gasteiger partial charge in [-0.05, 0) is 62.8 Å². The lowest BCUT2D eigenvalue weighted by Gasteiger charge is -2.31. The number of H-pyrrole nitrogens is 1. The molecule has 0 saturated heterocycles. The number of ether oxygens (including phenoxy) is 1. The maximum absolute atomic E-state index is 13.9. The first kappa shape index (κ1) is 25.4. The lowest BCUT2D eigenvalue weighted by atomic mass is 9.98. The van der Waals surface area contributed by atoms with Crippen molar-refractivity contribution < 1.29 is 13.9 Å². The highest BCUT2D eigenvalue weighted by atomic mass is 19.1. The summed E-state index contributed by atoms with van der Waals surface area (Å²) in [5, 5.41) is 8.33. The van der Waals surface area contributed by atoms with Crippen molar-refractivity contribution >= 4 is 16.8 Å². The second kappa shape index (κ2) is 11.4. The second-order valence-corrected chi connectivity index (χ2v) is 8.95. The van der Waals surface area contributed by atoms with Crippen LogP contribution in [-0.4, -0.2) is 59.7 Å². The molecule has 0 radical (unpaired) electrons. The molecule has 1 heterocycles. The minimum Gasteiger partial charge on any atom is -0.493 e. The predicted molar refractivity (Wildman–Crippen MR) is 142 cm³/mol. The van der Waals surface area contributed by atoms with E-state index in [-0.39, 0.29) is 17.8 Å². The van der Waals surface area contributed by atoms with E-state index in [1.165, 1.54) is 12.1 Å². The van der Waals surface area contributed by atoms with E-state index in [2.05, 4.69) is 35.1 Å². The molecule has 4 aromatic rings. The number of nitrogens with zero attached hydrogens (tertiary/aromatic N) is 3. The highest BCUT2D eigenvalue weighted by Crippen LogP contribution is 2.34. The lowest BCUT2D eigenvalue weighted by molar-refractivity contribution is 0.0715. The van der Waals surface area contributed by atoms with Gasteiger partial charge < -0.3 is 14.5 Å². The number of para-hydroxylation sites is 1. The van der Waals surface area contributed by atoms with Gasteiger partial charge in [-0.3, -0.25) is 9.89 Å². The lowest BCUT2D eigenvalue weighted by Crippen LogP contribution is -2.34. The summed E-state index contributed by atoms with van der Waals surface area (Å²) in [4.78, 5) is 17.8. The molecular weight excluding hydrogens is 455 g/mol. The van der Waals surface area contributed by atoms with Crippen LogP contribution in [0.2, 0.25) is 0 Å². The molecule has 0 aliphatic rings. The third kappa shape index (κ3) is 5.41. The summed E-state index contributed by atoms with van der Waals surface area (Å²) >= 11 is 0. The van der Waals surface area contributed by atoms with E-state index >= 15 is 0 Å². The van der Waals surface area contributed by atoms with Crippen molar-refractivity contribution in [1.29, 1.82) is 0 Å². The first-order chi connectivity index (χ1) is 17.4. The molecule has 0 unspecified atom stereocenters. The van der Waals surface area contributed by atoms with Gasteiger partial charge >= 0.3 is 0 Å². The Morgan fingerprint density at radius 2 is 1.89 bits per heavy atom. The molecule has 3 aromatic carbocycles. The SMILES string of the molecule is CCOc1cc(C(=O)N(C)[C@H](CCN(C)CC)c2cccc3cn[nH]c23)ccc1-c1cccc(F)c1. The number of hydrogen-bond donors (Lipinski definition) is 1. The van der Waals surface area contributed by atoms with Crippen molar-refractivity contribution in [1.82, 2.24) is 20.0 Å². The molecule has 7 heteroatoms. The third-order valence-electron chi connectivity index (χ3n) is 6.64. The topological polar surface area (TPSA) is 61.5 Å². The van der Waals surface area contributed by atoms with Gasteiger partial charge in [0.15, 0.2) is 0 Å². The van der Waals surface area contributed by atoms with Gasteiger partial charge in [0.25, 0.3) is 5.91 Å². The monoisotopic (exact) mass is 488 g/mol. The molecule has 0 spiro atoms. The Hall–Kier alpha value is -3.71. The summed E-state index contributed by atoms with van der Waals surface area (Å²) < 4.78 is 19.7. The summed E-state index contributed by atoms with van der Waals surface area (Å²) in [6, 6.07) is 17.7. The van der Waals surface area contributed by atoms with Gasteiger partial charge in [-0.2, -0.15) is 5.10 Å². The first-order valence-corrected chi connectivity index (χ1v) is 12.3. The fourth-order valence-electron chi connectivity index (χ4n) is 4.50. The van der Waals surface area contributed by atoms with Gasteiger partial charge in [0, 0.05) is 35.7 Å². The highest BCUT2D eigenvalue weighted by molar-refractivity contribution is 5.96. The van der Waals surface area contributed by atoms with Gasteiger partial charge in [0.1, 0.15) is 11.6 Å². The fourth-order valence-corrected chi connectivity index (χ4v) is 4.50. The van der Waals surface area contributed by atoms with Crippen LogP contribution in [0.4, 0.5) is 4.39 Å². The van der Waals surface area contributed by atoms with Crippen molar-refractivity contribution in [3.8, 4) is 16.9 Å². The van der Waals surface area contributed by atoms with E-state index in [0.717, 1.165) is 41.5 Å². The summed E-state index contributed by atoms with van der Waals surface area (Å²) in [6.07, 6.45) is 2.57. The third-order valence-corrected chi connectivity index (χ3v) is 6.64. The number of halogens is 1. The molecule has 36 heavy (non-hydrogen) atoms. The van der Waals surface area contributed by atoms with Crippen molar-refractivity contribution in [2.24, 2.45) is 0 Å². The standard InChI is InChI=1S/C29H33FN4O2/c1-5-33(3)16-15-26(25-12-8-10-22-19-31-32-28(22)25)34(4)29(35)21-13-14-24(27(18-21)36-6-2)20-9-7-11-23(30)17-20/h7-14,17-19,26H,5-6,15-16H2,1-4H3,(H,31,32)/t26-/m1/s1. The summed E-state index contributed by atoms with van der Waals surface area (Å²) in [5.74, 6) is 0.130. The number of fused-ring (bicyclic) bond motifs is 1. The maximum Gasteiger partial charge on any atom is 0.254 e. The summed E-state index contributed by atoms with van der Waals surface area (Å²) in [7, 11) is 3.92. The van der Waals surface area contributed by atoms with Crippen LogP contribution in [-0.2, 0) is 0 Å². The van der Waals surface area contributed by atoms with Crippen molar-refractivity contribution in [2.45, 2.75) is 26.3 Å². The molecular formula is C29H33FN4O2. The molecule has 0 saturated carbocycles. The number of amides is 1. The van der Waals surface area contributed by atoms with Crippen LogP contribution < -0.4 is 4.74 Å². The molecule has 1 aromatic heterocycles. The Labute approximate surface area is 211 Å². The molecule has 1 amide bonds. The number of benzene rings is 3. The molecule has 0 fully saturated rings. The van der Waals surface area contributed by atoms with Crippen LogP contribution in [0.3, 0.4) is 0 Å². The Balaban J connectivity index is 1.69. The zero-order valence-corrected chi connectivity index (χ0v) is 21.3. The largest absolute Gasteiger partial charge is 0.493 e. The fraction of sp³-hybridized carbons (Fsp3) is 0.310. The highest BCUT2D eigenvalue weighted by Gasteiger charge is 2.26. The molecule has 1 atom stereocenters. The predicted octanol–water partition coefficient (Wildman–Crippen LogP) is 5.92. The molecule has 188 valence electrons. The van der Waals surface area contributed by atoms with E-state index in [9.17, 15) is 9.18 Å². The Kier molecular flexibility index (Phi) is 8.00. The average Bonchev–Trinajstić information content (AvgIpc) is 3.38. The van der Waals surface area contributed by atoms with Crippen LogP contribution in [0.1, 0.15) is 42.2 Å². The number of aromatic amines is 1. The van der Waals surface area contributed by atoms with Gasteiger partial charge in [-0.15, -0.1) is 0 Å². The van der Waals surface area contributed by atoms with Gasteiger partial charge in [-0.25, -0.2) is 4.39 Å². The molecule has 0 aliphatic carbocycles. The van der Waals surface area contributed by atoms with E-state index in [0.29, 0.717) is 23.5 Å². The second-order valence-electron chi connectivity index (χ2n) is 8.95. The van der Waals surface area contributed by atoms with Crippen molar-refractivity contribution in [3.05, 3.63) is 83.8 Å². The van der Waals surface area contributed by atoms with Crippen LogP contribution in [0.5, 0.6) is 5.75 Å². The number of aromatic nitrogens is 2. The van der Waals surface area contributed by atoms with Gasteiger partial charge in [0.2, 0.25) is 0 Å². The van der Waals surface area contributed by atoms with Crippen LogP contribution in [0.15, 0.2) is 66.9 Å². The normalized spacial score (nSPS) is 12.2. The molecule has 0 aliphatic heterocycles. The number of rotatable bonds is 10. The summed E-state index contributed by atoms with van der Waals surface area (Å²) in [5.41, 5.74) is 3.95. The van der Waals surface area contributed by atoms with Crippen LogP contribution in [0.25, 0.3) is 22.0 Å². The number of carbonyl (C=O) groups excluding carboxylic acids is 1. The van der Waals surface area contributed by atoms with E-state index < -0.39 is 0 Å². The van der Waals surface area contributed by atoms with Crippen LogP contribution in [0, 0.1) is 5.82 Å². The van der Waals surface area contributed by atoms with Gasteiger partial charge in [-0.1, -0.05) is 37.3 Å². The van der Waals surface area contributed by atoms with Gasteiger partial charge in [0.05, 0.1) is 24.4 Å². The Bertz CT molecular complexity index is 1340. The Morgan fingerprint density at radius 3 is 2.64 bits per heavy atom. The van der Waals surface area contributed by atoms with E-state index in [4.69, 9.17) is 4.74 Å². The number of carbonyl (C=O) groups is 1. The van der Waals surface area contributed by atoms with E-state index in [1.54, 1.807) is 29.3 Å². The summed E-state index contributed by atoms with van der Waals surface area (Å²) in [6.45, 7) is 6.21. The average molecular weight is 489 g/mol. The number of hydrogen-bond acceptors (Lipinski definition) is 4. The van der Waals surface area contributed by atoms with Crippen LogP contribution >= 0.6 is 0 Å². The minimum absolute atomic E-state index is 0.109. The van der Waals surface area contributed by atoms with E-state index in [1.807, 2.05) is 38.2 Å². The quantitative estimate of drug-likeness (QED) is 0.301. The molecule has 6 nitrogen and oxygen atoms in total. The van der Waals surface area contributed by atoms with Crippen molar-refractivity contribution in [2.75, 3.05) is 33.8 Å². The maximum atomic E-state index is 13.9. The molecule has 0 bridgehead atoms. The minimum atomic E-state index is -0.317. The zero-order chi connectivity index (χ0) is 25.7. The Morgan fingerprint density at radius 1 is 1.08 bits per heavy atom. The van der Waals surface area contributed by atoms with Crippen molar-refractivity contribution in [3.63, 3.8) is 0 Å². The molecule has 4 rings (SSSR count).